The van der Waals surface area contributed by atoms with Gasteiger partial charge in [-0.2, -0.15) is 0 Å². The van der Waals surface area contributed by atoms with E-state index < -0.39 is 0 Å². The van der Waals surface area contributed by atoms with Gasteiger partial charge >= 0.3 is 0 Å². The fraction of sp³-hybridized carbons (Fsp3) is 0.643. The molecule has 0 spiro atoms. The summed E-state index contributed by atoms with van der Waals surface area (Å²) < 4.78 is 5.67. The third-order valence-corrected chi connectivity index (χ3v) is 3.34. The summed E-state index contributed by atoms with van der Waals surface area (Å²) in [6.07, 6.45) is 3.79. The fourth-order valence-corrected chi connectivity index (χ4v) is 2.30. The van der Waals surface area contributed by atoms with E-state index in [-0.39, 0.29) is 0 Å². The molecule has 1 N–H and O–H groups in total. The van der Waals surface area contributed by atoms with Gasteiger partial charge in [0.05, 0.1) is 11.8 Å². The summed E-state index contributed by atoms with van der Waals surface area (Å²) in [4.78, 5) is 4.50. The van der Waals surface area contributed by atoms with Gasteiger partial charge in [-0.1, -0.05) is 13.0 Å². The molecule has 17 heavy (non-hydrogen) atoms. The summed E-state index contributed by atoms with van der Waals surface area (Å²) in [5, 5.41) is 3.59. The highest BCUT2D eigenvalue weighted by atomic mass is 16.5. The molecule has 94 valence electrons. The Bertz CT molecular complexity index is 354. The van der Waals surface area contributed by atoms with E-state index in [1.54, 1.807) is 0 Å². The summed E-state index contributed by atoms with van der Waals surface area (Å²) in [7, 11) is 0. The van der Waals surface area contributed by atoms with Gasteiger partial charge in [-0.05, 0) is 38.3 Å². The molecule has 3 nitrogen and oxygen atoms in total. The molecule has 2 rings (SSSR count). The SMILES string of the molecule is CCC1CC(NCc2cccc(C)n2)CCO1. The van der Waals surface area contributed by atoms with Gasteiger partial charge < -0.3 is 10.1 Å². The van der Waals surface area contributed by atoms with Gasteiger partial charge in [-0.3, -0.25) is 4.98 Å². The third kappa shape index (κ3) is 3.79. The Labute approximate surface area is 104 Å². The van der Waals surface area contributed by atoms with Gasteiger partial charge in [0.2, 0.25) is 0 Å². The van der Waals surface area contributed by atoms with Gasteiger partial charge in [0, 0.05) is 24.9 Å². The molecule has 0 aromatic carbocycles. The zero-order chi connectivity index (χ0) is 12.1. The largest absolute Gasteiger partial charge is 0.378 e. The van der Waals surface area contributed by atoms with Crippen LogP contribution in [0.3, 0.4) is 0 Å². The number of pyridine rings is 1. The van der Waals surface area contributed by atoms with Crippen LogP contribution in [0.15, 0.2) is 18.2 Å². The minimum Gasteiger partial charge on any atom is -0.378 e. The molecule has 1 aliphatic heterocycles. The van der Waals surface area contributed by atoms with E-state index in [0.29, 0.717) is 12.1 Å². The van der Waals surface area contributed by atoms with Crippen molar-refractivity contribution in [3.8, 4) is 0 Å². The van der Waals surface area contributed by atoms with Crippen molar-refractivity contribution in [2.24, 2.45) is 0 Å². The van der Waals surface area contributed by atoms with Crippen LogP contribution in [-0.2, 0) is 11.3 Å². The molecule has 1 aromatic heterocycles. The first-order valence-electron chi connectivity index (χ1n) is 6.55. The second-order valence-electron chi connectivity index (χ2n) is 4.77. The van der Waals surface area contributed by atoms with Gasteiger partial charge in [-0.25, -0.2) is 0 Å². The number of rotatable bonds is 4. The summed E-state index contributed by atoms with van der Waals surface area (Å²) >= 11 is 0. The van der Waals surface area contributed by atoms with Crippen LogP contribution >= 0.6 is 0 Å². The molecule has 0 bridgehead atoms. The summed E-state index contributed by atoms with van der Waals surface area (Å²) in [6, 6.07) is 6.76. The Kier molecular flexibility index (Phi) is 4.51. The molecule has 0 saturated carbocycles. The molecular formula is C14H22N2O. The van der Waals surface area contributed by atoms with Crippen LogP contribution in [0.4, 0.5) is 0 Å². The molecule has 2 atom stereocenters. The summed E-state index contributed by atoms with van der Waals surface area (Å²) in [6.45, 7) is 5.97. The molecule has 0 aliphatic carbocycles. The number of ether oxygens (including phenoxy) is 1. The molecule has 0 radical (unpaired) electrons. The first-order chi connectivity index (χ1) is 8.28. The maximum absolute atomic E-state index is 5.67. The summed E-state index contributed by atoms with van der Waals surface area (Å²) in [5.74, 6) is 0. The molecule has 1 fully saturated rings. The van der Waals surface area contributed by atoms with Crippen LogP contribution in [0.1, 0.15) is 37.6 Å². The number of hydrogen-bond donors (Lipinski definition) is 1. The molecule has 1 aromatic rings. The van der Waals surface area contributed by atoms with Crippen molar-refractivity contribution >= 4 is 0 Å². The Morgan fingerprint density at radius 2 is 2.35 bits per heavy atom. The average molecular weight is 234 g/mol. The predicted molar refractivity (Wildman–Crippen MR) is 68.9 cm³/mol. The Morgan fingerprint density at radius 1 is 1.47 bits per heavy atom. The molecule has 0 amide bonds. The fourth-order valence-electron chi connectivity index (χ4n) is 2.30. The maximum Gasteiger partial charge on any atom is 0.0587 e. The monoisotopic (exact) mass is 234 g/mol. The number of nitrogens with zero attached hydrogens (tertiary/aromatic N) is 1. The Balaban J connectivity index is 1.81. The quantitative estimate of drug-likeness (QED) is 0.869. The predicted octanol–water partition coefficient (Wildman–Crippen LogP) is 2.44. The third-order valence-electron chi connectivity index (χ3n) is 3.34. The molecule has 1 aliphatic rings. The highest BCUT2D eigenvalue weighted by molar-refractivity contribution is 5.09. The lowest BCUT2D eigenvalue weighted by atomic mass is 10.0. The smallest absolute Gasteiger partial charge is 0.0587 e. The molecular weight excluding hydrogens is 212 g/mol. The van der Waals surface area contributed by atoms with Crippen LogP contribution in [0, 0.1) is 6.92 Å². The first kappa shape index (κ1) is 12.5. The second kappa shape index (κ2) is 6.12. The Morgan fingerprint density at radius 3 is 3.12 bits per heavy atom. The van der Waals surface area contributed by atoms with Gasteiger partial charge in [0.15, 0.2) is 0 Å². The minimum absolute atomic E-state index is 0.437. The zero-order valence-electron chi connectivity index (χ0n) is 10.8. The van der Waals surface area contributed by atoms with E-state index in [1.807, 2.05) is 13.0 Å². The van der Waals surface area contributed by atoms with Crippen molar-refractivity contribution in [3.05, 3.63) is 29.6 Å². The van der Waals surface area contributed by atoms with E-state index in [1.165, 1.54) is 0 Å². The van der Waals surface area contributed by atoms with E-state index in [0.717, 1.165) is 43.8 Å². The summed E-state index contributed by atoms with van der Waals surface area (Å²) in [5.41, 5.74) is 2.22. The van der Waals surface area contributed by atoms with Gasteiger partial charge in [-0.15, -0.1) is 0 Å². The maximum atomic E-state index is 5.67. The van der Waals surface area contributed by atoms with Crippen molar-refractivity contribution in [2.75, 3.05) is 6.61 Å². The molecule has 3 heteroatoms. The highest BCUT2D eigenvalue weighted by Crippen LogP contribution is 2.16. The van der Waals surface area contributed by atoms with Crippen molar-refractivity contribution in [2.45, 2.75) is 51.8 Å². The van der Waals surface area contributed by atoms with Crippen LogP contribution < -0.4 is 5.32 Å². The van der Waals surface area contributed by atoms with Gasteiger partial charge in [0.1, 0.15) is 0 Å². The van der Waals surface area contributed by atoms with Crippen molar-refractivity contribution in [1.29, 1.82) is 0 Å². The lowest BCUT2D eigenvalue weighted by Gasteiger charge is -2.29. The van der Waals surface area contributed by atoms with Crippen LogP contribution in [-0.4, -0.2) is 23.7 Å². The zero-order valence-corrected chi connectivity index (χ0v) is 10.8. The Hall–Kier alpha value is -0.930. The van der Waals surface area contributed by atoms with E-state index in [2.05, 4.69) is 29.4 Å². The normalized spacial score (nSPS) is 24.8. The van der Waals surface area contributed by atoms with Gasteiger partial charge in [0.25, 0.3) is 0 Å². The molecule has 1 saturated heterocycles. The van der Waals surface area contributed by atoms with E-state index >= 15 is 0 Å². The van der Waals surface area contributed by atoms with Crippen LogP contribution in [0.25, 0.3) is 0 Å². The number of nitrogens with one attached hydrogen (secondary N) is 1. The van der Waals surface area contributed by atoms with Crippen molar-refractivity contribution in [3.63, 3.8) is 0 Å². The number of aryl methyl sites for hydroxylation is 1. The second-order valence-corrected chi connectivity index (χ2v) is 4.77. The minimum atomic E-state index is 0.437. The van der Waals surface area contributed by atoms with E-state index in [4.69, 9.17) is 4.74 Å². The van der Waals surface area contributed by atoms with Crippen molar-refractivity contribution in [1.82, 2.24) is 10.3 Å². The van der Waals surface area contributed by atoms with E-state index in [9.17, 15) is 0 Å². The highest BCUT2D eigenvalue weighted by Gasteiger charge is 2.20. The number of hydrogen-bond acceptors (Lipinski definition) is 3. The van der Waals surface area contributed by atoms with Crippen molar-refractivity contribution < 1.29 is 4.74 Å². The molecule has 2 unspecified atom stereocenters. The first-order valence-corrected chi connectivity index (χ1v) is 6.55. The topological polar surface area (TPSA) is 34.2 Å². The number of aromatic nitrogens is 1. The lowest BCUT2D eigenvalue weighted by Crippen LogP contribution is -2.38. The van der Waals surface area contributed by atoms with Crippen LogP contribution in [0.5, 0.6) is 0 Å². The lowest BCUT2D eigenvalue weighted by molar-refractivity contribution is -0.000371. The standard InChI is InChI=1S/C14H22N2O/c1-3-14-9-12(7-8-17-14)15-10-13-6-4-5-11(2)16-13/h4-6,12,14-15H,3,7-10H2,1-2H3. The molecule has 2 heterocycles. The van der Waals surface area contributed by atoms with Crippen LogP contribution in [0.2, 0.25) is 0 Å². The average Bonchev–Trinajstić information content (AvgIpc) is 2.37.